The highest BCUT2D eigenvalue weighted by Gasteiger charge is 2.12. The summed E-state index contributed by atoms with van der Waals surface area (Å²) in [5.74, 6) is -0.431. The minimum absolute atomic E-state index is 0.275. The first-order chi connectivity index (χ1) is 9.78. The molecule has 100 valence electrons. The monoisotopic (exact) mass is 268 g/mol. The molecule has 6 nitrogen and oxygen atoms in total. The van der Waals surface area contributed by atoms with Gasteiger partial charge in [0.2, 0.25) is 0 Å². The highest BCUT2D eigenvalue weighted by Crippen LogP contribution is 2.17. The molecule has 0 radical (unpaired) electrons. The summed E-state index contributed by atoms with van der Waals surface area (Å²) in [6.45, 7) is 2.08. The number of carbonyl (C=O) groups is 1. The van der Waals surface area contributed by atoms with E-state index in [-0.39, 0.29) is 5.69 Å². The fourth-order valence-corrected chi connectivity index (χ4v) is 1.87. The van der Waals surface area contributed by atoms with Crippen molar-refractivity contribution in [1.29, 1.82) is 0 Å². The van der Waals surface area contributed by atoms with Crippen molar-refractivity contribution in [2.24, 2.45) is 0 Å². The average molecular weight is 268 g/mol. The van der Waals surface area contributed by atoms with Crippen LogP contribution in [0.15, 0.2) is 43.1 Å². The molecule has 0 fully saturated rings. The maximum absolute atomic E-state index is 11.6. The Balaban J connectivity index is 2.02. The summed E-state index contributed by atoms with van der Waals surface area (Å²) in [4.78, 5) is 24.3. The Hall–Kier alpha value is -2.76. The van der Waals surface area contributed by atoms with Gasteiger partial charge in [-0.05, 0) is 19.1 Å². The molecule has 0 unspecified atom stereocenters. The smallest absolute Gasteiger partial charge is 0.358 e. The maximum Gasteiger partial charge on any atom is 0.358 e. The predicted molar refractivity (Wildman–Crippen MR) is 72.2 cm³/mol. The Labute approximate surface area is 115 Å². The lowest BCUT2D eigenvalue weighted by molar-refractivity contribution is 0.0520. The van der Waals surface area contributed by atoms with E-state index in [9.17, 15) is 4.79 Å². The van der Waals surface area contributed by atoms with Gasteiger partial charge in [0.05, 0.1) is 12.3 Å². The molecule has 0 aliphatic heterocycles. The van der Waals surface area contributed by atoms with Crippen molar-refractivity contribution in [2.75, 3.05) is 6.61 Å². The van der Waals surface area contributed by atoms with Gasteiger partial charge in [0.1, 0.15) is 12.0 Å². The molecule has 0 spiro atoms. The fourth-order valence-electron chi connectivity index (χ4n) is 1.87. The lowest BCUT2D eigenvalue weighted by Crippen LogP contribution is -2.04. The molecule has 3 aromatic heterocycles. The quantitative estimate of drug-likeness (QED) is 0.679. The molecule has 6 heteroatoms. The number of rotatable bonds is 3. The van der Waals surface area contributed by atoms with Crippen LogP contribution in [0.5, 0.6) is 0 Å². The van der Waals surface area contributed by atoms with Crippen LogP contribution in [0.25, 0.3) is 16.9 Å². The van der Waals surface area contributed by atoms with Crippen LogP contribution >= 0.6 is 0 Å². The molecule has 0 saturated heterocycles. The maximum atomic E-state index is 11.6. The van der Waals surface area contributed by atoms with E-state index in [1.54, 1.807) is 42.3 Å². The average Bonchev–Trinajstić information content (AvgIpc) is 2.91. The molecule has 3 aromatic rings. The molecule has 0 amide bonds. The molecule has 0 N–H and O–H groups in total. The normalized spacial score (nSPS) is 10.7. The van der Waals surface area contributed by atoms with E-state index in [0.717, 1.165) is 11.3 Å². The molecular weight excluding hydrogens is 256 g/mol. The van der Waals surface area contributed by atoms with Crippen LogP contribution < -0.4 is 0 Å². The van der Waals surface area contributed by atoms with Gasteiger partial charge in [0.15, 0.2) is 5.69 Å². The molecular formula is C14H12N4O2. The van der Waals surface area contributed by atoms with Gasteiger partial charge in [-0.15, -0.1) is 0 Å². The number of hydrogen-bond donors (Lipinski definition) is 0. The third-order valence-corrected chi connectivity index (χ3v) is 2.79. The number of ether oxygens (including phenoxy) is 1. The summed E-state index contributed by atoms with van der Waals surface area (Å²) in [6, 6.07) is 5.57. The van der Waals surface area contributed by atoms with Crippen LogP contribution in [-0.2, 0) is 4.74 Å². The van der Waals surface area contributed by atoms with Crippen molar-refractivity contribution in [3.63, 3.8) is 0 Å². The zero-order chi connectivity index (χ0) is 13.9. The Morgan fingerprint density at radius 1 is 1.45 bits per heavy atom. The summed E-state index contributed by atoms with van der Waals surface area (Å²) in [5, 5.41) is 0. The van der Waals surface area contributed by atoms with Crippen LogP contribution in [0.4, 0.5) is 0 Å². The molecule has 3 rings (SSSR count). The van der Waals surface area contributed by atoms with Crippen LogP contribution in [0.2, 0.25) is 0 Å². The van der Waals surface area contributed by atoms with E-state index in [1.807, 2.05) is 12.1 Å². The zero-order valence-electron chi connectivity index (χ0n) is 10.9. The SMILES string of the molecule is CCOC(=O)c1cn2cnc(-c3cccnc3)cc2n1. The predicted octanol–water partition coefficient (Wildman–Crippen LogP) is 1.97. The van der Waals surface area contributed by atoms with Crippen LogP contribution in [-0.4, -0.2) is 31.9 Å². The zero-order valence-corrected chi connectivity index (χ0v) is 10.9. The summed E-state index contributed by atoms with van der Waals surface area (Å²) < 4.78 is 6.61. The van der Waals surface area contributed by atoms with Gasteiger partial charge in [-0.25, -0.2) is 14.8 Å². The topological polar surface area (TPSA) is 69.4 Å². The van der Waals surface area contributed by atoms with Gasteiger partial charge < -0.3 is 4.74 Å². The van der Waals surface area contributed by atoms with Crippen molar-refractivity contribution < 1.29 is 9.53 Å². The van der Waals surface area contributed by atoms with Crippen molar-refractivity contribution in [1.82, 2.24) is 19.4 Å². The second-order valence-corrected chi connectivity index (χ2v) is 4.13. The molecule has 0 aromatic carbocycles. The van der Waals surface area contributed by atoms with Gasteiger partial charge in [-0.2, -0.15) is 0 Å². The highest BCUT2D eigenvalue weighted by atomic mass is 16.5. The summed E-state index contributed by atoms with van der Waals surface area (Å²) in [6.07, 6.45) is 6.66. The van der Waals surface area contributed by atoms with Gasteiger partial charge >= 0.3 is 5.97 Å². The summed E-state index contributed by atoms with van der Waals surface area (Å²) in [5.41, 5.74) is 2.57. The van der Waals surface area contributed by atoms with Crippen molar-refractivity contribution in [3.8, 4) is 11.3 Å². The Morgan fingerprint density at radius 3 is 3.10 bits per heavy atom. The van der Waals surface area contributed by atoms with Gasteiger partial charge in [-0.3, -0.25) is 9.38 Å². The van der Waals surface area contributed by atoms with E-state index in [4.69, 9.17) is 4.74 Å². The van der Waals surface area contributed by atoms with Gasteiger partial charge in [0.25, 0.3) is 0 Å². The van der Waals surface area contributed by atoms with Crippen molar-refractivity contribution >= 4 is 11.6 Å². The summed E-state index contributed by atoms with van der Waals surface area (Å²) >= 11 is 0. The Morgan fingerprint density at radius 2 is 2.35 bits per heavy atom. The van der Waals surface area contributed by atoms with E-state index >= 15 is 0 Å². The van der Waals surface area contributed by atoms with Crippen molar-refractivity contribution in [2.45, 2.75) is 6.92 Å². The van der Waals surface area contributed by atoms with E-state index in [1.165, 1.54) is 0 Å². The molecule has 3 heterocycles. The Kier molecular flexibility index (Phi) is 3.12. The van der Waals surface area contributed by atoms with E-state index < -0.39 is 5.97 Å². The lowest BCUT2D eigenvalue weighted by atomic mass is 10.2. The number of hydrogen-bond acceptors (Lipinski definition) is 5. The van der Waals surface area contributed by atoms with E-state index in [0.29, 0.717) is 12.3 Å². The summed E-state index contributed by atoms with van der Waals surface area (Å²) in [7, 11) is 0. The van der Waals surface area contributed by atoms with Crippen LogP contribution in [0.3, 0.4) is 0 Å². The first kappa shape index (κ1) is 12.3. The second kappa shape index (κ2) is 5.08. The molecule has 0 aliphatic rings. The van der Waals surface area contributed by atoms with Gasteiger partial charge in [-0.1, -0.05) is 0 Å². The van der Waals surface area contributed by atoms with E-state index in [2.05, 4.69) is 15.0 Å². The Bertz CT molecular complexity index is 752. The third kappa shape index (κ3) is 2.23. The number of carbonyl (C=O) groups excluding carboxylic acids is 1. The highest BCUT2D eigenvalue weighted by molar-refractivity contribution is 5.88. The molecule has 0 bridgehead atoms. The third-order valence-electron chi connectivity index (χ3n) is 2.79. The van der Waals surface area contributed by atoms with Crippen LogP contribution in [0, 0.1) is 0 Å². The number of aromatic nitrogens is 4. The fraction of sp³-hybridized carbons (Fsp3) is 0.143. The molecule has 0 saturated carbocycles. The number of pyridine rings is 1. The first-order valence-corrected chi connectivity index (χ1v) is 6.20. The molecule has 20 heavy (non-hydrogen) atoms. The minimum atomic E-state index is -0.431. The first-order valence-electron chi connectivity index (χ1n) is 6.20. The van der Waals surface area contributed by atoms with Crippen LogP contribution in [0.1, 0.15) is 17.4 Å². The number of nitrogens with zero attached hydrogens (tertiary/aromatic N) is 4. The van der Waals surface area contributed by atoms with Crippen molar-refractivity contribution in [3.05, 3.63) is 48.8 Å². The number of imidazole rings is 1. The molecule has 0 aliphatic carbocycles. The lowest BCUT2D eigenvalue weighted by Gasteiger charge is -1.99. The largest absolute Gasteiger partial charge is 0.461 e. The molecule has 0 atom stereocenters. The number of esters is 1. The second-order valence-electron chi connectivity index (χ2n) is 4.13. The van der Waals surface area contributed by atoms with Gasteiger partial charge in [0, 0.05) is 30.2 Å². The standard InChI is InChI=1S/C14H12N4O2/c1-2-20-14(19)12-8-18-9-16-11(6-13(18)17-12)10-4-3-5-15-7-10/h3-9H,2H2,1H3. The minimum Gasteiger partial charge on any atom is -0.461 e. The number of fused-ring (bicyclic) bond motifs is 1.